The third-order valence-electron chi connectivity index (χ3n) is 3.75. The fourth-order valence-corrected chi connectivity index (χ4v) is 3.56. The SMILES string of the molecule is N#Cc1ccc2c(c1)nc(NCCn1ccnc1)c1ccsc12. The molecule has 3 aromatic heterocycles. The number of benzene rings is 1. The van der Waals surface area contributed by atoms with E-state index in [1.54, 1.807) is 23.9 Å². The van der Waals surface area contributed by atoms with E-state index in [9.17, 15) is 0 Å². The number of hydrogen-bond acceptors (Lipinski definition) is 5. The van der Waals surface area contributed by atoms with Crippen LogP contribution >= 0.6 is 11.3 Å². The maximum absolute atomic E-state index is 9.09. The Balaban J connectivity index is 1.71. The Hall–Kier alpha value is -2.91. The van der Waals surface area contributed by atoms with Gasteiger partial charge in [-0.25, -0.2) is 9.97 Å². The number of nitriles is 1. The van der Waals surface area contributed by atoms with Crippen molar-refractivity contribution in [3.63, 3.8) is 0 Å². The molecule has 5 nitrogen and oxygen atoms in total. The van der Waals surface area contributed by atoms with E-state index in [2.05, 4.69) is 27.8 Å². The molecule has 1 N–H and O–H groups in total. The molecule has 0 spiro atoms. The van der Waals surface area contributed by atoms with Crippen LogP contribution in [0.3, 0.4) is 0 Å². The van der Waals surface area contributed by atoms with Gasteiger partial charge in [-0.3, -0.25) is 0 Å². The van der Waals surface area contributed by atoms with Gasteiger partial charge in [0.15, 0.2) is 0 Å². The van der Waals surface area contributed by atoms with Crippen LogP contribution in [0.15, 0.2) is 48.4 Å². The Morgan fingerprint density at radius 2 is 2.22 bits per heavy atom. The fraction of sp³-hybridized carbons (Fsp3) is 0.118. The third kappa shape index (κ3) is 2.51. The van der Waals surface area contributed by atoms with Crippen LogP contribution in [0.25, 0.3) is 21.0 Å². The molecule has 6 heteroatoms. The van der Waals surface area contributed by atoms with Gasteiger partial charge >= 0.3 is 0 Å². The van der Waals surface area contributed by atoms with Gasteiger partial charge in [-0.05, 0) is 23.6 Å². The predicted octanol–water partition coefficient (Wildman–Crippen LogP) is 3.63. The average Bonchev–Trinajstić information content (AvgIpc) is 3.26. The van der Waals surface area contributed by atoms with Gasteiger partial charge in [-0.1, -0.05) is 6.07 Å². The van der Waals surface area contributed by atoms with Gasteiger partial charge in [-0.15, -0.1) is 11.3 Å². The van der Waals surface area contributed by atoms with Crippen LogP contribution < -0.4 is 5.32 Å². The number of nitrogens with one attached hydrogen (secondary N) is 1. The molecule has 3 heterocycles. The Labute approximate surface area is 136 Å². The van der Waals surface area contributed by atoms with Gasteiger partial charge < -0.3 is 9.88 Å². The van der Waals surface area contributed by atoms with E-state index in [0.717, 1.165) is 35.2 Å². The van der Waals surface area contributed by atoms with Gasteiger partial charge in [0.05, 0.1) is 23.5 Å². The number of aromatic nitrogens is 3. The van der Waals surface area contributed by atoms with Gasteiger partial charge in [-0.2, -0.15) is 5.26 Å². The minimum atomic E-state index is 0.630. The number of rotatable bonds is 4. The average molecular weight is 319 g/mol. The molecule has 0 bridgehead atoms. The molecule has 1 aromatic carbocycles. The summed E-state index contributed by atoms with van der Waals surface area (Å²) in [6.45, 7) is 1.58. The van der Waals surface area contributed by atoms with E-state index in [1.807, 2.05) is 29.0 Å². The second-order valence-electron chi connectivity index (χ2n) is 5.19. The number of nitrogens with zero attached hydrogens (tertiary/aromatic N) is 4. The molecule has 0 saturated carbocycles. The van der Waals surface area contributed by atoms with Gasteiger partial charge in [0.25, 0.3) is 0 Å². The highest BCUT2D eigenvalue weighted by atomic mass is 32.1. The van der Waals surface area contributed by atoms with Gasteiger partial charge in [0.2, 0.25) is 0 Å². The third-order valence-corrected chi connectivity index (χ3v) is 4.69. The zero-order valence-electron chi connectivity index (χ0n) is 12.2. The van der Waals surface area contributed by atoms with E-state index in [4.69, 9.17) is 10.2 Å². The van der Waals surface area contributed by atoms with Crippen molar-refractivity contribution in [2.24, 2.45) is 0 Å². The maximum atomic E-state index is 9.09. The Morgan fingerprint density at radius 3 is 3.04 bits per heavy atom. The van der Waals surface area contributed by atoms with Gasteiger partial charge in [0.1, 0.15) is 5.82 Å². The standard InChI is InChI=1S/C17H13N5S/c18-10-12-1-2-13-15(9-12)21-17(14-3-8-23-16(13)14)20-5-7-22-6-4-19-11-22/h1-4,6,8-9,11H,5,7H2,(H,20,21). The van der Waals surface area contributed by atoms with Crippen molar-refractivity contribution in [2.75, 3.05) is 11.9 Å². The summed E-state index contributed by atoms with van der Waals surface area (Å²) < 4.78 is 3.22. The molecule has 0 radical (unpaired) electrons. The van der Waals surface area contributed by atoms with Crippen molar-refractivity contribution >= 4 is 38.1 Å². The largest absolute Gasteiger partial charge is 0.368 e. The van der Waals surface area contributed by atoms with Crippen molar-refractivity contribution in [3.8, 4) is 6.07 Å². The molecule has 0 unspecified atom stereocenters. The summed E-state index contributed by atoms with van der Waals surface area (Å²) in [5.41, 5.74) is 1.48. The summed E-state index contributed by atoms with van der Waals surface area (Å²) in [6.07, 6.45) is 5.51. The first kappa shape index (κ1) is 13.7. The van der Waals surface area contributed by atoms with Gasteiger partial charge in [0, 0.05) is 41.0 Å². The predicted molar refractivity (Wildman–Crippen MR) is 92.6 cm³/mol. The fourth-order valence-electron chi connectivity index (χ4n) is 2.63. The molecule has 23 heavy (non-hydrogen) atoms. The van der Waals surface area contributed by atoms with Crippen LogP contribution in [0.4, 0.5) is 5.82 Å². The summed E-state index contributed by atoms with van der Waals surface area (Å²) in [4.78, 5) is 8.76. The Morgan fingerprint density at radius 1 is 1.26 bits per heavy atom. The van der Waals surface area contributed by atoms with Crippen molar-refractivity contribution in [3.05, 3.63) is 53.9 Å². The quantitative estimate of drug-likeness (QED) is 0.624. The van der Waals surface area contributed by atoms with Crippen molar-refractivity contribution in [2.45, 2.75) is 6.54 Å². The summed E-state index contributed by atoms with van der Waals surface area (Å²) >= 11 is 1.70. The molecule has 4 aromatic rings. The van der Waals surface area contributed by atoms with Crippen molar-refractivity contribution in [1.82, 2.24) is 14.5 Å². The minimum absolute atomic E-state index is 0.630. The lowest BCUT2D eigenvalue weighted by molar-refractivity contribution is 0.726. The highest BCUT2D eigenvalue weighted by molar-refractivity contribution is 7.18. The summed E-state index contributed by atoms with van der Waals surface area (Å²) in [5, 5.41) is 16.8. The Bertz CT molecular complexity index is 1010. The molecule has 0 atom stereocenters. The highest BCUT2D eigenvalue weighted by Crippen LogP contribution is 2.33. The van der Waals surface area contributed by atoms with Crippen LogP contribution in [0.2, 0.25) is 0 Å². The number of anilines is 1. The van der Waals surface area contributed by atoms with Crippen molar-refractivity contribution < 1.29 is 0 Å². The number of pyridine rings is 1. The van der Waals surface area contributed by atoms with E-state index in [-0.39, 0.29) is 0 Å². The summed E-state index contributed by atoms with van der Waals surface area (Å²) in [5.74, 6) is 0.865. The van der Waals surface area contributed by atoms with E-state index in [0.29, 0.717) is 5.56 Å². The van der Waals surface area contributed by atoms with Crippen LogP contribution in [0.5, 0.6) is 0 Å². The molecule has 0 saturated heterocycles. The highest BCUT2D eigenvalue weighted by Gasteiger charge is 2.10. The lowest BCUT2D eigenvalue weighted by Crippen LogP contribution is -2.10. The first-order valence-corrected chi connectivity index (χ1v) is 8.14. The Kier molecular flexibility index (Phi) is 3.41. The topological polar surface area (TPSA) is 66.5 Å². The molecule has 0 aliphatic rings. The normalized spacial score (nSPS) is 10.9. The molecule has 0 aliphatic heterocycles. The van der Waals surface area contributed by atoms with E-state index < -0.39 is 0 Å². The number of hydrogen-bond donors (Lipinski definition) is 1. The maximum Gasteiger partial charge on any atom is 0.135 e. The van der Waals surface area contributed by atoms with Crippen LogP contribution in [-0.4, -0.2) is 21.1 Å². The molecular formula is C17H13N5S. The van der Waals surface area contributed by atoms with Crippen LogP contribution in [0.1, 0.15) is 5.56 Å². The molecule has 0 aliphatic carbocycles. The van der Waals surface area contributed by atoms with E-state index >= 15 is 0 Å². The monoisotopic (exact) mass is 319 g/mol. The molecule has 0 amide bonds. The minimum Gasteiger partial charge on any atom is -0.368 e. The number of fused-ring (bicyclic) bond motifs is 3. The van der Waals surface area contributed by atoms with Crippen LogP contribution in [0, 0.1) is 11.3 Å². The second-order valence-corrected chi connectivity index (χ2v) is 6.11. The number of imidazole rings is 1. The lowest BCUT2D eigenvalue weighted by Gasteiger charge is -2.09. The van der Waals surface area contributed by atoms with Crippen molar-refractivity contribution in [1.29, 1.82) is 5.26 Å². The zero-order valence-corrected chi connectivity index (χ0v) is 13.0. The van der Waals surface area contributed by atoms with Crippen LogP contribution in [-0.2, 0) is 6.54 Å². The lowest BCUT2D eigenvalue weighted by atomic mass is 10.1. The molecular weight excluding hydrogens is 306 g/mol. The summed E-state index contributed by atoms with van der Waals surface area (Å²) in [6, 6.07) is 9.93. The number of thiophene rings is 1. The van der Waals surface area contributed by atoms with E-state index in [1.165, 1.54) is 4.70 Å². The smallest absolute Gasteiger partial charge is 0.135 e. The second kappa shape index (κ2) is 5.71. The molecule has 112 valence electrons. The zero-order chi connectivity index (χ0) is 15.6. The first-order chi connectivity index (χ1) is 11.3. The molecule has 0 fully saturated rings. The summed E-state index contributed by atoms with van der Waals surface area (Å²) in [7, 11) is 0. The first-order valence-electron chi connectivity index (χ1n) is 7.26. The molecule has 4 rings (SSSR count).